The highest BCUT2D eigenvalue weighted by atomic mass is 19.1. The molecule has 28 heavy (non-hydrogen) atoms. The molecule has 0 radical (unpaired) electrons. The van der Waals surface area contributed by atoms with Crippen LogP contribution in [0.1, 0.15) is 25.0 Å². The summed E-state index contributed by atoms with van der Waals surface area (Å²) in [5.74, 6) is -2.00. The molecule has 0 bridgehead atoms. The van der Waals surface area contributed by atoms with Crippen LogP contribution in [0, 0.1) is 28.3 Å². The van der Waals surface area contributed by atoms with E-state index in [1.54, 1.807) is 27.0 Å². The molecule has 10 heteroatoms. The van der Waals surface area contributed by atoms with Crippen LogP contribution < -0.4 is 4.74 Å². The monoisotopic (exact) mass is 388 g/mol. The van der Waals surface area contributed by atoms with Crippen molar-refractivity contribution in [2.45, 2.75) is 27.2 Å². The van der Waals surface area contributed by atoms with Gasteiger partial charge in [0.05, 0.1) is 16.4 Å². The van der Waals surface area contributed by atoms with Gasteiger partial charge in [0, 0.05) is 12.3 Å². The van der Waals surface area contributed by atoms with Gasteiger partial charge in [0.25, 0.3) is 5.69 Å². The second-order valence-electron chi connectivity index (χ2n) is 6.98. The van der Waals surface area contributed by atoms with Crippen molar-refractivity contribution >= 4 is 17.2 Å². The van der Waals surface area contributed by atoms with E-state index in [0.717, 1.165) is 23.8 Å². The predicted molar refractivity (Wildman–Crippen MR) is 96.0 cm³/mol. The number of non-ortho nitro benzene ring substituents is 1. The lowest BCUT2D eigenvalue weighted by Crippen LogP contribution is -2.26. The van der Waals surface area contributed by atoms with E-state index in [4.69, 9.17) is 4.74 Å². The Balaban J connectivity index is 2.01. The third-order valence-electron chi connectivity index (χ3n) is 4.44. The second-order valence-corrected chi connectivity index (χ2v) is 6.98. The lowest BCUT2D eigenvalue weighted by atomic mass is 9.85. The van der Waals surface area contributed by atoms with Crippen LogP contribution in [0.5, 0.6) is 11.6 Å². The van der Waals surface area contributed by atoms with Crippen molar-refractivity contribution < 1.29 is 24.0 Å². The van der Waals surface area contributed by atoms with Crippen molar-refractivity contribution in [3.63, 3.8) is 0 Å². The number of hydrogen-bond donors (Lipinski definition) is 1. The number of carbonyl (C=O) groups is 1. The average molecular weight is 388 g/mol. The number of carboxylic acid groups (broad SMARTS) is 1. The van der Waals surface area contributed by atoms with Crippen LogP contribution in [0.25, 0.3) is 5.52 Å². The molecule has 2 heterocycles. The third kappa shape index (κ3) is 3.48. The maximum atomic E-state index is 14.2. The van der Waals surface area contributed by atoms with E-state index in [1.807, 2.05) is 0 Å². The van der Waals surface area contributed by atoms with Gasteiger partial charge in [0.15, 0.2) is 11.6 Å². The van der Waals surface area contributed by atoms with E-state index in [9.17, 15) is 24.4 Å². The Morgan fingerprint density at radius 3 is 2.75 bits per heavy atom. The summed E-state index contributed by atoms with van der Waals surface area (Å²) in [4.78, 5) is 25.5. The molecular formula is C18H17FN4O5. The zero-order chi connectivity index (χ0) is 20.6. The van der Waals surface area contributed by atoms with E-state index in [2.05, 4.69) is 10.1 Å². The van der Waals surface area contributed by atoms with Crippen molar-refractivity contribution in [2.24, 2.45) is 5.41 Å². The molecule has 3 rings (SSSR count). The van der Waals surface area contributed by atoms with E-state index in [0.29, 0.717) is 11.1 Å². The smallest absolute Gasteiger partial charge is 0.309 e. The molecule has 1 aromatic carbocycles. The van der Waals surface area contributed by atoms with Crippen LogP contribution >= 0.6 is 0 Å². The first-order valence-electron chi connectivity index (χ1n) is 8.27. The number of aliphatic carboxylic acids is 1. The fourth-order valence-electron chi connectivity index (χ4n) is 2.77. The summed E-state index contributed by atoms with van der Waals surface area (Å²) in [5.41, 5.74) is 0.509. The minimum Gasteiger partial charge on any atom is -0.481 e. The van der Waals surface area contributed by atoms with Gasteiger partial charge in [0.1, 0.15) is 11.8 Å². The SMILES string of the molecule is Cc1c(CC(C)(C)C(=O)O)cn2ncnc(Oc3ccc([N+](=O)[O-])cc3F)c12. The zero-order valence-electron chi connectivity index (χ0n) is 15.3. The standard InChI is InChI=1S/C18H17FN4O5/c1-10-11(7-18(2,3)17(24)25)8-22-15(10)16(20-9-21-22)28-14-5-4-12(23(26)27)6-13(14)19/h4-6,8-9H,7H2,1-3H3,(H,24,25). The van der Waals surface area contributed by atoms with Crippen LogP contribution in [0.4, 0.5) is 10.1 Å². The van der Waals surface area contributed by atoms with Crippen LogP contribution in [0.3, 0.4) is 0 Å². The Kier molecular flexibility index (Phi) is 4.72. The van der Waals surface area contributed by atoms with Gasteiger partial charge in [-0.25, -0.2) is 8.91 Å². The first-order chi connectivity index (χ1) is 13.1. The second kappa shape index (κ2) is 6.87. The summed E-state index contributed by atoms with van der Waals surface area (Å²) in [5, 5.41) is 24.2. The Hall–Kier alpha value is -3.56. The number of nitro groups is 1. The van der Waals surface area contributed by atoms with Crippen molar-refractivity contribution in [1.82, 2.24) is 14.6 Å². The number of rotatable bonds is 6. The quantitative estimate of drug-likeness (QED) is 0.506. The van der Waals surface area contributed by atoms with Crippen LogP contribution in [0.2, 0.25) is 0 Å². The highest BCUT2D eigenvalue weighted by Crippen LogP contribution is 2.33. The molecule has 9 nitrogen and oxygen atoms in total. The van der Waals surface area contributed by atoms with Crippen LogP contribution in [-0.2, 0) is 11.2 Å². The van der Waals surface area contributed by atoms with E-state index in [1.165, 1.54) is 10.8 Å². The number of aromatic nitrogens is 3. The summed E-state index contributed by atoms with van der Waals surface area (Å²) in [6.45, 7) is 5.00. The molecule has 1 N–H and O–H groups in total. The predicted octanol–water partition coefficient (Wildman–Crippen LogP) is 3.53. The zero-order valence-corrected chi connectivity index (χ0v) is 15.3. The largest absolute Gasteiger partial charge is 0.481 e. The number of hydrogen-bond acceptors (Lipinski definition) is 6. The van der Waals surface area contributed by atoms with Crippen LogP contribution in [-0.4, -0.2) is 30.6 Å². The summed E-state index contributed by atoms with van der Waals surface area (Å²) in [7, 11) is 0. The molecular weight excluding hydrogens is 371 g/mol. The van der Waals surface area contributed by atoms with Gasteiger partial charge in [0.2, 0.25) is 5.88 Å². The first-order valence-corrected chi connectivity index (χ1v) is 8.27. The molecule has 0 atom stereocenters. The van der Waals surface area contributed by atoms with E-state index >= 15 is 0 Å². The van der Waals surface area contributed by atoms with Crippen LogP contribution in [0.15, 0.2) is 30.7 Å². The number of ether oxygens (including phenoxy) is 1. The number of carboxylic acids is 1. The highest BCUT2D eigenvalue weighted by Gasteiger charge is 2.29. The molecule has 3 aromatic rings. The van der Waals surface area contributed by atoms with Crippen molar-refractivity contribution in [3.05, 3.63) is 57.8 Å². The maximum absolute atomic E-state index is 14.2. The fourth-order valence-corrected chi connectivity index (χ4v) is 2.77. The summed E-state index contributed by atoms with van der Waals surface area (Å²) >= 11 is 0. The molecule has 0 saturated heterocycles. The molecule has 2 aromatic heterocycles. The van der Waals surface area contributed by atoms with Crippen molar-refractivity contribution in [3.8, 4) is 11.6 Å². The Morgan fingerprint density at radius 2 is 2.14 bits per heavy atom. The lowest BCUT2D eigenvalue weighted by molar-refractivity contribution is -0.385. The molecule has 0 aliphatic heterocycles. The Labute approximate surface area is 158 Å². The number of benzene rings is 1. The molecule has 146 valence electrons. The van der Waals surface area contributed by atoms with E-state index in [-0.39, 0.29) is 18.1 Å². The number of fused-ring (bicyclic) bond motifs is 1. The maximum Gasteiger partial charge on any atom is 0.309 e. The molecule has 0 aliphatic carbocycles. The molecule has 0 aliphatic rings. The van der Waals surface area contributed by atoms with Gasteiger partial charge in [-0.2, -0.15) is 10.1 Å². The normalized spacial score (nSPS) is 11.6. The van der Waals surface area contributed by atoms with Gasteiger partial charge in [-0.1, -0.05) is 0 Å². The first kappa shape index (κ1) is 19.2. The Morgan fingerprint density at radius 1 is 1.43 bits per heavy atom. The number of aryl methyl sites for hydroxylation is 1. The van der Waals surface area contributed by atoms with Gasteiger partial charge >= 0.3 is 5.97 Å². The molecule has 0 fully saturated rings. The third-order valence-corrected chi connectivity index (χ3v) is 4.44. The minimum absolute atomic E-state index is 0.0552. The molecule has 0 unspecified atom stereocenters. The van der Waals surface area contributed by atoms with Gasteiger partial charge < -0.3 is 9.84 Å². The number of halogens is 1. The minimum atomic E-state index is -0.991. The van der Waals surface area contributed by atoms with Gasteiger partial charge in [-0.05, 0) is 44.4 Å². The summed E-state index contributed by atoms with van der Waals surface area (Å²) in [6, 6.07) is 3.04. The van der Waals surface area contributed by atoms with Gasteiger partial charge in [-0.15, -0.1) is 0 Å². The molecule has 0 saturated carbocycles. The molecule has 0 amide bonds. The number of nitrogens with zero attached hydrogens (tertiary/aromatic N) is 4. The Bertz CT molecular complexity index is 1090. The fraction of sp³-hybridized carbons (Fsp3) is 0.278. The van der Waals surface area contributed by atoms with E-state index < -0.39 is 27.8 Å². The lowest BCUT2D eigenvalue weighted by Gasteiger charge is -2.18. The summed E-state index contributed by atoms with van der Waals surface area (Å²) < 4.78 is 21.2. The molecule has 0 spiro atoms. The van der Waals surface area contributed by atoms with Crippen molar-refractivity contribution in [1.29, 1.82) is 0 Å². The summed E-state index contributed by atoms with van der Waals surface area (Å²) in [6.07, 6.45) is 3.15. The topological polar surface area (TPSA) is 120 Å². The van der Waals surface area contributed by atoms with Crippen molar-refractivity contribution in [2.75, 3.05) is 0 Å². The number of nitro benzene ring substituents is 1. The highest BCUT2D eigenvalue weighted by molar-refractivity contribution is 5.75. The average Bonchev–Trinajstić information content (AvgIpc) is 2.92. The van der Waals surface area contributed by atoms with Gasteiger partial charge in [-0.3, -0.25) is 14.9 Å².